The summed E-state index contributed by atoms with van der Waals surface area (Å²) in [6.07, 6.45) is 0. The van der Waals surface area contributed by atoms with Crippen molar-refractivity contribution < 1.29 is 14.3 Å². The Hall–Kier alpha value is -3.85. The molecule has 0 fully saturated rings. The Labute approximate surface area is 174 Å². The number of nitrogens with zero attached hydrogens (tertiary/aromatic N) is 3. The van der Waals surface area contributed by atoms with Gasteiger partial charge in [-0.3, -0.25) is 9.59 Å². The Morgan fingerprint density at radius 2 is 1.80 bits per heavy atom. The van der Waals surface area contributed by atoms with E-state index in [-0.39, 0.29) is 18.1 Å². The number of aromatic nitrogens is 3. The van der Waals surface area contributed by atoms with Crippen molar-refractivity contribution >= 4 is 33.9 Å². The molecule has 0 atom stereocenters. The van der Waals surface area contributed by atoms with Crippen molar-refractivity contribution in [1.29, 1.82) is 0 Å². The molecule has 2 aromatic heterocycles. The summed E-state index contributed by atoms with van der Waals surface area (Å²) in [4.78, 5) is 41.3. The number of rotatable bonds is 5. The number of esters is 1. The second-order valence-electron chi connectivity index (χ2n) is 6.37. The highest BCUT2D eigenvalue weighted by Gasteiger charge is 2.12. The molecule has 0 bridgehead atoms. The van der Waals surface area contributed by atoms with Gasteiger partial charge < -0.3 is 10.1 Å². The van der Waals surface area contributed by atoms with Gasteiger partial charge in [-0.15, -0.1) is 0 Å². The molecule has 4 rings (SSSR count). The first-order chi connectivity index (χ1) is 14.5. The number of anilines is 1. The maximum atomic E-state index is 12.3. The Morgan fingerprint density at radius 3 is 2.53 bits per heavy atom. The molecule has 9 heteroatoms. The van der Waals surface area contributed by atoms with Crippen molar-refractivity contribution in [2.75, 3.05) is 5.32 Å². The van der Waals surface area contributed by atoms with E-state index in [0.717, 1.165) is 0 Å². The van der Waals surface area contributed by atoms with Gasteiger partial charge in [0.25, 0.3) is 11.5 Å². The summed E-state index contributed by atoms with van der Waals surface area (Å²) in [5, 5.41) is 7.55. The van der Waals surface area contributed by atoms with Crippen LogP contribution in [0.3, 0.4) is 0 Å². The van der Waals surface area contributed by atoms with E-state index < -0.39 is 5.97 Å². The first-order valence-corrected chi connectivity index (χ1v) is 9.81. The van der Waals surface area contributed by atoms with E-state index in [9.17, 15) is 14.4 Å². The largest absolute Gasteiger partial charge is 0.456 e. The van der Waals surface area contributed by atoms with E-state index >= 15 is 0 Å². The second-order valence-corrected chi connectivity index (χ2v) is 7.53. The summed E-state index contributed by atoms with van der Waals surface area (Å²) in [5.74, 6) is -0.796. The van der Waals surface area contributed by atoms with Crippen LogP contribution in [0.4, 0.5) is 5.69 Å². The van der Waals surface area contributed by atoms with Crippen LogP contribution in [0, 0.1) is 6.92 Å². The minimum Gasteiger partial charge on any atom is -0.456 e. The molecule has 0 aliphatic heterocycles. The zero-order chi connectivity index (χ0) is 21.1. The number of carbonyl (C=O) groups is 2. The van der Waals surface area contributed by atoms with Gasteiger partial charge in [0.1, 0.15) is 11.6 Å². The fourth-order valence-corrected chi connectivity index (χ4v) is 3.50. The monoisotopic (exact) mass is 420 g/mol. The van der Waals surface area contributed by atoms with Crippen molar-refractivity contribution in [2.24, 2.45) is 0 Å². The molecule has 0 saturated heterocycles. The normalized spacial score (nSPS) is 10.7. The van der Waals surface area contributed by atoms with Crippen LogP contribution >= 0.6 is 11.3 Å². The summed E-state index contributed by atoms with van der Waals surface area (Å²) in [7, 11) is 0. The smallest absolute Gasteiger partial charge is 0.338 e. The number of hydrogen-bond acceptors (Lipinski definition) is 7. The van der Waals surface area contributed by atoms with Crippen LogP contribution in [-0.4, -0.2) is 26.5 Å². The van der Waals surface area contributed by atoms with Gasteiger partial charge in [0.15, 0.2) is 0 Å². The van der Waals surface area contributed by atoms with E-state index in [1.54, 1.807) is 55.5 Å². The number of nitrogens with one attached hydrogen (secondary N) is 1. The van der Waals surface area contributed by atoms with E-state index in [0.29, 0.717) is 32.5 Å². The third kappa shape index (κ3) is 4.26. The van der Waals surface area contributed by atoms with Gasteiger partial charge in [-0.25, -0.2) is 9.78 Å². The van der Waals surface area contributed by atoms with Crippen LogP contribution < -0.4 is 10.9 Å². The maximum absolute atomic E-state index is 12.3. The van der Waals surface area contributed by atoms with Crippen LogP contribution in [0.15, 0.2) is 65.5 Å². The Balaban J connectivity index is 1.39. The zero-order valence-electron chi connectivity index (χ0n) is 15.9. The van der Waals surface area contributed by atoms with Crippen molar-refractivity contribution in [3.8, 4) is 0 Å². The summed E-state index contributed by atoms with van der Waals surface area (Å²) < 4.78 is 6.48. The SMILES string of the molecule is Cc1nn2c(=O)cc(COC(=O)c3ccc(NC(=O)c4ccccc4)cc3)nc2s1. The minimum atomic E-state index is -0.557. The molecule has 30 heavy (non-hydrogen) atoms. The van der Waals surface area contributed by atoms with E-state index in [1.165, 1.54) is 21.9 Å². The summed E-state index contributed by atoms with van der Waals surface area (Å²) in [5.41, 5.74) is 1.44. The highest BCUT2D eigenvalue weighted by atomic mass is 32.1. The number of amides is 1. The van der Waals surface area contributed by atoms with Gasteiger partial charge in [0, 0.05) is 17.3 Å². The topological polar surface area (TPSA) is 103 Å². The van der Waals surface area contributed by atoms with E-state index in [1.807, 2.05) is 6.07 Å². The molecule has 1 amide bonds. The molecular formula is C21H16N4O4S. The molecular weight excluding hydrogens is 404 g/mol. The summed E-state index contributed by atoms with van der Waals surface area (Å²) >= 11 is 1.28. The molecule has 8 nitrogen and oxygen atoms in total. The molecule has 0 aliphatic carbocycles. The van der Waals surface area contributed by atoms with Crippen LogP contribution in [-0.2, 0) is 11.3 Å². The van der Waals surface area contributed by atoms with Crippen molar-refractivity contribution in [3.05, 3.63) is 92.8 Å². The van der Waals surface area contributed by atoms with Gasteiger partial charge in [-0.1, -0.05) is 29.5 Å². The van der Waals surface area contributed by atoms with Crippen molar-refractivity contribution in [1.82, 2.24) is 14.6 Å². The molecule has 2 aromatic carbocycles. The van der Waals surface area contributed by atoms with Crippen LogP contribution in [0.2, 0.25) is 0 Å². The lowest BCUT2D eigenvalue weighted by Crippen LogP contribution is -2.16. The Bertz CT molecular complexity index is 1280. The number of benzene rings is 2. The van der Waals surface area contributed by atoms with E-state index in [2.05, 4.69) is 15.4 Å². The number of fused-ring (bicyclic) bond motifs is 1. The predicted molar refractivity (Wildman–Crippen MR) is 112 cm³/mol. The second kappa shape index (κ2) is 8.26. The average Bonchev–Trinajstić information content (AvgIpc) is 3.14. The van der Waals surface area contributed by atoms with E-state index in [4.69, 9.17) is 4.74 Å². The number of hydrogen-bond donors (Lipinski definition) is 1. The minimum absolute atomic E-state index is 0.131. The van der Waals surface area contributed by atoms with Gasteiger partial charge in [0.2, 0.25) is 4.96 Å². The molecule has 0 spiro atoms. The fourth-order valence-electron chi connectivity index (χ4n) is 2.73. The number of aryl methyl sites for hydroxylation is 1. The Kier molecular flexibility index (Phi) is 5.36. The lowest BCUT2D eigenvalue weighted by molar-refractivity contribution is 0.0467. The van der Waals surface area contributed by atoms with Crippen LogP contribution in [0.1, 0.15) is 31.4 Å². The lowest BCUT2D eigenvalue weighted by Gasteiger charge is -2.07. The average molecular weight is 420 g/mol. The molecule has 0 radical (unpaired) electrons. The third-order valence-electron chi connectivity index (χ3n) is 4.16. The summed E-state index contributed by atoms with van der Waals surface area (Å²) in [6, 6.07) is 16.5. The van der Waals surface area contributed by atoms with Gasteiger partial charge >= 0.3 is 5.97 Å². The molecule has 0 unspecified atom stereocenters. The van der Waals surface area contributed by atoms with Crippen LogP contribution in [0.5, 0.6) is 0 Å². The lowest BCUT2D eigenvalue weighted by atomic mass is 10.2. The third-order valence-corrected chi connectivity index (χ3v) is 4.99. The quantitative estimate of drug-likeness (QED) is 0.498. The highest BCUT2D eigenvalue weighted by molar-refractivity contribution is 7.16. The molecule has 1 N–H and O–H groups in total. The molecule has 2 heterocycles. The zero-order valence-corrected chi connectivity index (χ0v) is 16.7. The molecule has 4 aromatic rings. The maximum Gasteiger partial charge on any atom is 0.338 e. The summed E-state index contributed by atoms with van der Waals surface area (Å²) in [6.45, 7) is 1.65. The predicted octanol–water partition coefficient (Wildman–Crippen LogP) is 3.07. The van der Waals surface area contributed by atoms with Crippen molar-refractivity contribution in [2.45, 2.75) is 13.5 Å². The molecule has 0 saturated carbocycles. The van der Waals surface area contributed by atoms with Gasteiger partial charge in [-0.2, -0.15) is 9.61 Å². The first-order valence-electron chi connectivity index (χ1n) is 8.99. The first kappa shape index (κ1) is 19.5. The number of carbonyl (C=O) groups excluding carboxylic acids is 2. The molecule has 0 aliphatic rings. The van der Waals surface area contributed by atoms with Crippen LogP contribution in [0.25, 0.3) is 4.96 Å². The van der Waals surface area contributed by atoms with Crippen molar-refractivity contribution in [3.63, 3.8) is 0 Å². The fraction of sp³-hybridized carbons (Fsp3) is 0.0952. The number of ether oxygens (including phenoxy) is 1. The highest BCUT2D eigenvalue weighted by Crippen LogP contribution is 2.14. The molecule has 150 valence electrons. The van der Waals surface area contributed by atoms with Gasteiger partial charge in [-0.05, 0) is 43.3 Å². The van der Waals surface area contributed by atoms with Gasteiger partial charge in [0.05, 0.1) is 11.3 Å². The standard InChI is InChI=1S/C21H16N4O4S/c1-13-24-25-18(26)11-17(23-21(25)30-13)12-29-20(28)15-7-9-16(10-8-15)22-19(27)14-5-3-2-4-6-14/h2-11H,12H2,1H3,(H,22,27). The Morgan fingerprint density at radius 1 is 1.07 bits per heavy atom.